The van der Waals surface area contributed by atoms with E-state index in [0.29, 0.717) is 36.3 Å². The number of phenolic OH excluding ortho intramolecular Hbond substituents is 1. The molecule has 1 amide bonds. The maximum atomic E-state index is 13.5. The summed E-state index contributed by atoms with van der Waals surface area (Å²) in [5, 5.41) is 21.7. The number of H-pyrrole nitrogens is 1. The van der Waals surface area contributed by atoms with E-state index in [4.69, 9.17) is 4.74 Å². The van der Waals surface area contributed by atoms with Crippen LogP contribution in [0.4, 0.5) is 0 Å². The number of carbonyl (C=O) groups is 2. The van der Waals surface area contributed by atoms with Crippen molar-refractivity contribution in [2.24, 2.45) is 5.92 Å². The van der Waals surface area contributed by atoms with Crippen molar-refractivity contribution in [3.63, 3.8) is 0 Å². The summed E-state index contributed by atoms with van der Waals surface area (Å²) in [6.07, 6.45) is 3.87. The van der Waals surface area contributed by atoms with E-state index in [-0.39, 0.29) is 28.9 Å². The average Bonchev–Trinajstić information content (AvgIpc) is 3.67. The molecule has 1 saturated heterocycles. The number of phenols is 1. The Labute approximate surface area is 215 Å². The fourth-order valence-electron chi connectivity index (χ4n) is 5.80. The van der Waals surface area contributed by atoms with E-state index >= 15 is 0 Å². The molecule has 0 bridgehead atoms. The van der Waals surface area contributed by atoms with Gasteiger partial charge in [-0.2, -0.15) is 5.10 Å². The first kappa shape index (κ1) is 23.9. The highest BCUT2D eigenvalue weighted by Gasteiger charge is 2.30. The second-order valence-corrected chi connectivity index (χ2v) is 10.4. The second kappa shape index (κ2) is 10.1. The molecule has 3 heterocycles. The number of aromatic amines is 1. The van der Waals surface area contributed by atoms with Crippen molar-refractivity contribution in [2.75, 3.05) is 39.3 Å². The van der Waals surface area contributed by atoms with Crippen LogP contribution in [0.5, 0.6) is 11.5 Å². The maximum absolute atomic E-state index is 13.5. The quantitative estimate of drug-likeness (QED) is 0.425. The predicted molar refractivity (Wildman–Crippen MR) is 139 cm³/mol. The molecule has 2 fully saturated rings. The number of aromatic hydroxyl groups is 1. The number of amides is 1. The largest absolute Gasteiger partial charge is 0.507 e. The van der Waals surface area contributed by atoms with E-state index < -0.39 is 0 Å². The van der Waals surface area contributed by atoms with E-state index in [1.165, 1.54) is 6.07 Å². The number of benzene rings is 2. The molecule has 2 aromatic carbocycles. The Kier molecular flexibility index (Phi) is 6.56. The Morgan fingerprint density at radius 3 is 2.65 bits per heavy atom. The van der Waals surface area contributed by atoms with E-state index in [0.717, 1.165) is 75.3 Å². The molecule has 0 atom stereocenters. The summed E-state index contributed by atoms with van der Waals surface area (Å²) in [6.45, 7) is 6.54. The lowest BCUT2D eigenvalue weighted by atomic mass is 9.97. The van der Waals surface area contributed by atoms with E-state index in [2.05, 4.69) is 20.4 Å². The first-order valence-corrected chi connectivity index (χ1v) is 13.3. The molecule has 37 heavy (non-hydrogen) atoms. The molecule has 3 aromatic rings. The number of aromatic nitrogens is 2. The summed E-state index contributed by atoms with van der Waals surface area (Å²) in [5.74, 6) is 0.429. The number of carbonyl (C=O) groups excluding carboxylic acids is 2. The molecular formula is C28H33N5O4. The second-order valence-electron chi connectivity index (χ2n) is 10.4. The van der Waals surface area contributed by atoms with Crippen LogP contribution in [0.1, 0.15) is 57.7 Å². The molecule has 3 N–H and O–H groups in total. The minimum atomic E-state index is -0.266. The highest BCUT2D eigenvalue weighted by Crippen LogP contribution is 2.34. The first-order valence-electron chi connectivity index (χ1n) is 13.3. The zero-order valence-electron chi connectivity index (χ0n) is 21.0. The number of hydrogen-bond donors (Lipinski definition) is 3. The number of nitrogens with zero attached hydrogens (tertiary/aromatic N) is 3. The number of ketones is 1. The molecule has 6 rings (SSSR count). The Hall–Kier alpha value is -3.43. The van der Waals surface area contributed by atoms with Crippen LogP contribution in [0.15, 0.2) is 30.3 Å². The van der Waals surface area contributed by atoms with Gasteiger partial charge in [-0.1, -0.05) is 18.9 Å². The molecule has 9 heteroatoms. The van der Waals surface area contributed by atoms with Gasteiger partial charge in [-0.25, -0.2) is 0 Å². The molecule has 3 aliphatic rings. The molecule has 1 aliphatic carbocycles. The van der Waals surface area contributed by atoms with Gasteiger partial charge in [0.15, 0.2) is 5.78 Å². The van der Waals surface area contributed by atoms with Gasteiger partial charge in [0.1, 0.15) is 23.8 Å². The van der Waals surface area contributed by atoms with Crippen LogP contribution < -0.4 is 10.1 Å². The normalized spacial score (nSPS) is 18.4. The third kappa shape index (κ3) is 4.81. The third-order valence-electron chi connectivity index (χ3n) is 7.94. The number of Topliss-reactive ketones (excluding diaryl/α,β-unsaturated/α-hetero) is 1. The lowest BCUT2D eigenvalue weighted by molar-refractivity contribution is 0.0748. The molecule has 9 nitrogen and oxygen atoms in total. The Morgan fingerprint density at radius 1 is 1.05 bits per heavy atom. The van der Waals surface area contributed by atoms with Crippen LogP contribution in [0.2, 0.25) is 0 Å². The predicted octanol–water partition coefficient (Wildman–Crippen LogP) is 3.08. The molecular weight excluding hydrogens is 470 g/mol. The molecule has 0 spiro atoms. The van der Waals surface area contributed by atoms with Crippen LogP contribution in [0, 0.1) is 5.92 Å². The maximum Gasteiger partial charge on any atom is 0.258 e. The zero-order chi connectivity index (χ0) is 25.4. The lowest BCUT2D eigenvalue weighted by Crippen LogP contribution is -2.44. The van der Waals surface area contributed by atoms with E-state index in [9.17, 15) is 14.7 Å². The zero-order valence-corrected chi connectivity index (χ0v) is 21.0. The highest BCUT2D eigenvalue weighted by atomic mass is 16.5. The topological polar surface area (TPSA) is 111 Å². The highest BCUT2D eigenvalue weighted by molar-refractivity contribution is 6.10. The minimum absolute atomic E-state index is 0.0131. The Morgan fingerprint density at radius 2 is 1.84 bits per heavy atom. The van der Waals surface area contributed by atoms with E-state index in [1.54, 1.807) is 11.0 Å². The van der Waals surface area contributed by atoms with Crippen molar-refractivity contribution in [3.05, 3.63) is 52.7 Å². The van der Waals surface area contributed by atoms with Gasteiger partial charge in [-0.3, -0.25) is 19.6 Å². The Bertz CT molecular complexity index is 1320. The third-order valence-corrected chi connectivity index (χ3v) is 7.94. The van der Waals surface area contributed by atoms with Crippen LogP contribution in [0.25, 0.3) is 10.9 Å². The molecule has 2 aliphatic heterocycles. The van der Waals surface area contributed by atoms with Crippen LogP contribution >= 0.6 is 0 Å². The minimum Gasteiger partial charge on any atom is -0.507 e. The summed E-state index contributed by atoms with van der Waals surface area (Å²) in [4.78, 5) is 30.6. The van der Waals surface area contributed by atoms with Crippen LogP contribution in [0.3, 0.4) is 0 Å². The average molecular weight is 504 g/mol. The molecule has 0 unspecified atom stereocenters. The lowest BCUT2D eigenvalue weighted by Gasteiger charge is -2.26. The monoisotopic (exact) mass is 503 g/mol. The fourth-order valence-corrected chi connectivity index (χ4v) is 5.80. The number of ether oxygens (including phenoxy) is 1. The summed E-state index contributed by atoms with van der Waals surface area (Å²) in [7, 11) is 0. The first-order chi connectivity index (χ1) is 18.1. The summed E-state index contributed by atoms with van der Waals surface area (Å²) < 4.78 is 6.00. The van der Waals surface area contributed by atoms with Gasteiger partial charge in [-0.15, -0.1) is 0 Å². The molecule has 194 valence electrons. The smallest absolute Gasteiger partial charge is 0.258 e. The molecule has 0 radical (unpaired) electrons. The van der Waals surface area contributed by atoms with E-state index in [1.807, 2.05) is 18.2 Å². The summed E-state index contributed by atoms with van der Waals surface area (Å²) in [6, 6.07) is 9.10. The van der Waals surface area contributed by atoms with Crippen LogP contribution in [-0.4, -0.2) is 76.1 Å². The van der Waals surface area contributed by atoms with Crippen molar-refractivity contribution in [1.29, 1.82) is 0 Å². The number of rotatable bonds is 7. The summed E-state index contributed by atoms with van der Waals surface area (Å²) >= 11 is 0. The van der Waals surface area contributed by atoms with Crippen LogP contribution in [-0.2, 0) is 13.1 Å². The van der Waals surface area contributed by atoms with Crippen molar-refractivity contribution >= 4 is 22.6 Å². The number of hydrogen-bond acceptors (Lipinski definition) is 7. The van der Waals surface area contributed by atoms with Gasteiger partial charge in [-0.05, 0) is 42.2 Å². The van der Waals surface area contributed by atoms with Crippen molar-refractivity contribution in [3.8, 4) is 11.5 Å². The fraction of sp³-hybridized carbons (Fsp3) is 0.464. The molecule has 1 saturated carbocycles. The van der Waals surface area contributed by atoms with Gasteiger partial charge in [0.2, 0.25) is 0 Å². The standard InChI is InChI=1S/C28H33N5O4/c34-25-15-24-22(26(31-30-24)27(35)18-3-1-2-4-18)14-23(25)28(36)33-16-19-5-6-21(13-20(19)17-33)37-12-11-32-9-7-29-8-10-32/h5-6,13-15,18,29,34H,1-4,7-12,16-17H2,(H,30,31). The van der Waals surface area contributed by atoms with Gasteiger partial charge in [0.05, 0.1) is 11.1 Å². The summed E-state index contributed by atoms with van der Waals surface area (Å²) in [5.41, 5.74) is 3.23. The van der Waals surface area contributed by atoms with Gasteiger partial charge >= 0.3 is 0 Å². The van der Waals surface area contributed by atoms with Crippen molar-refractivity contribution in [1.82, 2.24) is 25.3 Å². The number of piperazine rings is 1. The van der Waals surface area contributed by atoms with Gasteiger partial charge < -0.3 is 20.1 Å². The molecule has 1 aromatic heterocycles. The van der Waals surface area contributed by atoms with Gasteiger partial charge in [0.25, 0.3) is 5.91 Å². The van der Waals surface area contributed by atoms with Crippen molar-refractivity contribution < 1.29 is 19.4 Å². The number of nitrogens with one attached hydrogen (secondary N) is 2. The van der Waals surface area contributed by atoms with Gasteiger partial charge in [0, 0.05) is 63.2 Å². The Balaban J connectivity index is 1.15. The SMILES string of the molecule is O=C(c1n[nH]c2cc(O)c(C(=O)N3Cc4ccc(OCCN5CCNCC5)cc4C3)cc12)C1CCCC1. The van der Waals surface area contributed by atoms with Crippen molar-refractivity contribution in [2.45, 2.75) is 38.8 Å². The number of fused-ring (bicyclic) bond motifs is 2.